The van der Waals surface area contributed by atoms with Gasteiger partial charge in [0, 0.05) is 42.5 Å². The number of nitriles is 1. The SMILES string of the molecule is COc1ccc(CNc2c(CNCC(C)(C)C)cnc3ccc(C#N)cc23)cc1Cl. The number of methoxy groups -OCH3 is 1. The van der Waals surface area contributed by atoms with Crippen molar-refractivity contribution in [2.24, 2.45) is 5.41 Å². The van der Waals surface area contributed by atoms with Gasteiger partial charge in [0.1, 0.15) is 5.75 Å². The van der Waals surface area contributed by atoms with E-state index in [-0.39, 0.29) is 5.41 Å². The van der Waals surface area contributed by atoms with Crippen LogP contribution in [-0.4, -0.2) is 18.6 Å². The van der Waals surface area contributed by atoms with E-state index >= 15 is 0 Å². The van der Waals surface area contributed by atoms with Gasteiger partial charge in [0.2, 0.25) is 0 Å². The molecule has 5 nitrogen and oxygen atoms in total. The highest BCUT2D eigenvalue weighted by molar-refractivity contribution is 6.32. The molecule has 0 aliphatic heterocycles. The number of nitrogens with one attached hydrogen (secondary N) is 2. The molecule has 0 spiro atoms. The fraction of sp³-hybridized carbons (Fsp3) is 0.333. The highest BCUT2D eigenvalue weighted by Gasteiger charge is 2.13. The second kappa shape index (κ2) is 9.34. The summed E-state index contributed by atoms with van der Waals surface area (Å²) in [6, 6.07) is 13.5. The van der Waals surface area contributed by atoms with Crippen LogP contribution in [0.25, 0.3) is 10.9 Å². The van der Waals surface area contributed by atoms with Gasteiger partial charge < -0.3 is 15.4 Å². The maximum absolute atomic E-state index is 9.35. The Kier molecular flexibility index (Phi) is 6.81. The first-order valence-electron chi connectivity index (χ1n) is 9.89. The Morgan fingerprint density at radius 3 is 2.60 bits per heavy atom. The fourth-order valence-corrected chi connectivity index (χ4v) is 3.51. The van der Waals surface area contributed by atoms with E-state index in [0.29, 0.717) is 29.4 Å². The normalized spacial score (nSPS) is 11.3. The van der Waals surface area contributed by atoms with Crippen LogP contribution in [0.15, 0.2) is 42.6 Å². The maximum Gasteiger partial charge on any atom is 0.137 e. The molecule has 0 atom stereocenters. The van der Waals surface area contributed by atoms with E-state index in [9.17, 15) is 5.26 Å². The van der Waals surface area contributed by atoms with Crippen molar-refractivity contribution in [1.29, 1.82) is 5.26 Å². The summed E-state index contributed by atoms with van der Waals surface area (Å²) in [4.78, 5) is 4.60. The second-order valence-corrected chi connectivity index (χ2v) is 8.90. The summed E-state index contributed by atoms with van der Waals surface area (Å²) in [6.45, 7) is 8.75. The Morgan fingerprint density at radius 1 is 1.13 bits per heavy atom. The summed E-state index contributed by atoms with van der Waals surface area (Å²) >= 11 is 6.28. The standard InChI is InChI=1S/C24H27ClN4O/c1-24(2,3)15-27-13-18-14-28-21-7-5-16(11-26)9-19(21)23(18)29-12-17-6-8-22(30-4)20(25)10-17/h5-10,14,27H,12-13,15H2,1-4H3,(H,28,29). The van der Waals surface area contributed by atoms with Crippen molar-refractivity contribution in [3.05, 3.63) is 64.3 Å². The predicted octanol–water partition coefficient (Wildman–Crippen LogP) is 5.52. The third kappa shape index (κ3) is 5.41. The Morgan fingerprint density at radius 2 is 1.93 bits per heavy atom. The van der Waals surface area contributed by atoms with Gasteiger partial charge in [-0.05, 0) is 41.3 Å². The van der Waals surface area contributed by atoms with Gasteiger partial charge >= 0.3 is 0 Å². The molecular formula is C24H27ClN4O. The summed E-state index contributed by atoms with van der Waals surface area (Å²) in [5, 5.41) is 17.9. The molecule has 0 radical (unpaired) electrons. The summed E-state index contributed by atoms with van der Waals surface area (Å²) < 4.78 is 5.24. The third-order valence-electron chi connectivity index (χ3n) is 4.73. The lowest BCUT2D eigenvalue weighted by Gasteiger charge is -2.20. The maximum atomic E-state index is 9.35. The molecular weight excluding hydrogens is 396 g/mol. The molecule has 30 heavy (non-hydrogen) atoms. The largest absolute Gasteiger partial charge is 0.495 e. The number of pyridine rings is 1. The Balaban J connectivity index is 1.92. The Hall–Kier alpha value is -2.81. The summed E-state index contributed by atoms with van der Waals surface area (Å²) in [5.74, 6) is 0.653. The van der Waals surface area contributed by atoms with Crippen LogP contribution >= 0.6 is 11.6 Å². The molecule has 0 unspecified atom stereocenters. The Bertz CT molecular complexity index is 1080. The third-order valence-corrected chi connectivity index (χ3v) is 5.03. The number of aromatic nitrogens is 1. The van der Waals surface area contributed by atoms with Crippen molar-refractivity contribution < 1.29 is 4.74 Å². The van der Waals surface area contributed by atoms with Crippen LogP contribution in [0, 0.1) is 16.7 Å². The minimum absolute atomic E-state index is 0.186. The van der Waals surface area contributed by atoms with Gasteiger partial charge in [-0.25, -0.2) is 0 Å². The molecule has 156 valence electrons. The second-order valence-electron chi connectivity index (χ2n) is 8.49. The lowest BCUT2D eigenvalue weighted by molar-refractivity contribution is 0.379. The van der Waals surface area contributed by atoms with Crippen molar-refractivity contribution in [3.63, 3.8) is 0 Å². The van der Waals surface area contributed by atoms with E-state index in [4.69, 9.17) is 16.3 Å². The molecule has 0 amide bonds. The number of anilines is 1. The van der Waals surface area contributed by atoms with Crippen molar-refractivity contribution in [2.45, 2.75) is 33.9 Å². The lowest BCUT2D eigenvalue weighted by Crippen LogP contribution is -2.26. The zero-order valence-corrected chi connectivity index (χ0v) is 18.6. The first kappa shape index (κ1) is 21.9. The van der Waals surface area contributed by atoms with Crippen molar-refractivity contribution in [1.82, 2.24) is 10.3 Å². The molecule has 0 aliphatic rings. The van der Waals surface area contributed by atoms with E-state index in [1.54, 1.807) is 13.2 Å². The number of benzene rings is 2. The molecule has 1 heterocycles. The van der Waals surface area contributed by atoms with Crippen LogP contribution in [-0.2, 0) is 13.1 Å². The van der Waals surface area contributed by atoms with Crippen molar-refractivity contribution in [3.8, 4) is 11.8 Å². The van der Waals surface area contributed by atoms with Crippen LogP contribution in [0.3, 0.4) is 0 Å². The number of rotatable bonds is 7. The van der Waals surface area contributed by atoms with Crippen molar-refractivity contribution in [2.75, 3.05) is 19.0 Å². The summed E-state index contributed by atoms with van der Waals surface area (Å²) in [6.07, 6.45) is 1.90. The average molecular weight is 423 g/mol. The number of halogens is 1. The molecule has 0 saturated carbocycles. The van der Waals surface area contributed by atoms with Gasteiger partial charge in [-0.2, -0.15) is 5.26 Å². The first-order valence-corrected chi connectivity index (χ1v) is 10.3. The zero-order valence-electron chi connectivity index (χ0n) is 17.8. The molecule has 2 N–H and O–H groups in total. The quantitative estimate of drug-likeness (QED) is 0.524. The minimum atomic E-state index is 0.186. The predicted molar refractivity (Wildman–Crippen MR) is 123 cm³/mol. The molecule has 0 bridgehead atoms. The van der Waals surface area contributed by atoms with Crippen molar-refractivity contribution >= 4 is 28.2 Å². The summed E-state index contributed by atoms with van der Waals surface area (Å²) in [7, 11) is 1.60. The zero-order chi connectivity index (χ0) is 21.7. The van der Waals surface area contributed by atoms with Gasteiger partial charge in [0.25, 0.3) is 0 Å². The molecule has 0 aliphatic carbocycles. The molecule has 1 aromatic heterocycles. The van der Waals surface area contributed by atoms with Crippen LogP contribution < -0.4 is 15.4 Å². The molecule has 0 fully saturated rings. The van der Waals surface area contributed by atoms with Crippen LogP contribution in [0.1, 0.15) is 37.5 Å². The topological polar surface area (TPSA) is 70.0 Å². The molecule has 0 saturated heterocycles. The average Bonchev–Trinajstić information content (AvgIpc) is 2.71. The monoisotopic (exact) mass is 422 g/mol. The first-order chi connectivity index (χ1) is 14.3. The number of ether oxygens (including phenoxy) is 1. The number of hydrogen-bond donors (Lipinski definition) is 2. The van der Waals surface area contributed by atoms with Gasteiger partial charge in [-0.1, -0.05) is 38.4 Å². The van der Waals surface area contributed by atoms with Gasteiger partial charge in [0.15, 0.2) is 0 Å². The minimum Gasteiger partial charge on any atom is -0.495 e. The van der Waals surface area contributed by atoms with Gasteiger partial charge in [-0.3, -0.25) is 4.98 Å². The highest BCUT2D eigenvalue weighted by Crippen LogP contribution is 2.29. The highest BCUT2D eigenvalue weighted by atomic mass is 35.5. The van der Waals surface area contributed by atoms with Gasteiger partial charge in [-0.15, -0.1) is 0 Å². The number of nitrogens with zero attached hydrogens (tertiary/aromatic N) is 2. The van der Waals surface area contributed by atoms with E-state index in [2.05, 4.69) is 42.5 Å². The molecule has 3 aromatic rings. The molecule has 2 aromatic carbocycles. The van der Waals surface area contributed by atoms with E-state index < -0.39 is 0 Å². The number of fused-ring (bicyclic) bond motifs is 1. The lowest BCUT2D eigenvalue weighted by atomic mass is 9.97. The van der Waals surface area contributed by atoms with E-state index in [1.165, 1.54) is 0 Å². The fourth-order valence-electron chi connectivity index (χ4n) is 3.23. The van der Waals surface area contributed by atoms with E-state index in [0.717, 1.165) is 34.3 Å². The van der Waals surface area contributed by atoms with Crippen LogP contribution in [0.2, 0.25) is 5.02 Å². The number of hydrogen-bond acceptors (Lipinski definition) is 5. The van der Waals surface area contributed by atoms with Crippen LogP contribution in [0.5, 0.6) is 5.75 Å². The van der Waals surface area contributed by atoms with Crippen LogP contribution in [0.4, 0.5) is 5.69 Å². The molecule has 3 rings (SSSR count). The summed E-state index contributed by atoms with van der Waals surface area (Å²) in [5.41, 5.74) is 4.72. The Labute approximate surface area is 183 Å². The molecule has 6 heteroatoms. The smallest absolute Gasteiger partial charge is 0.137 e. The van der Waals surface area contributed by atoms with Gasteiger partial charge in [0.05, 0.1) is 29.3 Å². The van der Waals surface area contributed by atoms with E-state index in [1.807, 2.05) is 36.5 Å².